The molecular formula is C26H28ClN5O2. The van der Waals surface area contributed by atoms with Crippen molar-refractivity contribution >= 4 is 29.0 Å². The number of aromatic nitrogens is 2. The first-order chi connectivity index (χ1) is 16.7. The number of carbonyl (C=O) groups excluding carboxylic acids is 1. The van der Waals surface area contributed by atoms with Crippen LogP contribution in [0.2, 0.25) is 5.02 Å². The van der Waals surface area contributed by atoms with E-state index in [1.165, 1.54) is 0 Å². The fourth-order valence-electron chi connectivity index (χ4n) is 4.71. The van der Waals surface area contributed by atoms with Crippen LogP contribution in [-0.2, 0) is 4.79 Å². The number of para-hydroxylation sites is 2. The van der Waals surface area contributed by atoms with Crippen LogP contribution >= 0.6 is 11.6 Å². The number of benzene rings is 2. The van der Waals surface area contributed by atoms with Crippen molar-refractivity contribution in [2.75, 3.05) is 49.1 Å². The summed E-state index contributed by atoms with van der Waals surface area (Å²) in [5.74, 6) is 2.03. The first-order valence-corrected chi connectivity index (χ1v) is 12.1. The Balaban J connectivity index is 1.23. The molecule has 8 heteroatoms. The summed E-state index contributed by atoms with van der Waals surface area (Å²) in [6.45, 7) is 4.42. The van der Waals surface area contributed by atoms with E-state index < -0.39 is 0 Å². The van der Waals surface area contributed by atoms with Crippen LogP contribution in [0.4, 0.5) is 11.5 Å². The van der Waals surface area contributed by atoms with E-state index in [1.54, 1.807) is 12.4 Å². The normalized spacial score (nSPS) is 18.6. The fraction of sp³-hybridized carbons (Fsp3) is 0.346. The second-order valence-electron chi connectivity index (χ2n) is 8.65. The van der Waals surface area contributed by atoms with E-state index in [0.29, 0.717) is 37.1 Å². The minimum absolute atomic E-state index is 0.0628. The van der Waals surface area contributed by atoms with Crippen molar-refractivity contribution in [1.82, 2.24) is 14.9 Å². The molecule has 1 aromatic heterocycles. The van der Waals surface area contributed by atoms with Crippen molar-refractivity contribution in [1.29, 1.82) is 0 Å². The van der Waals surface area contributed by atoms with Crippen molar-refractivity contribution in [2.45, 2.75) is 12.8 Å². The molecule has 0 aliphatic carbocycles. The van der Waals surface area contributed by atoms with Gasteiger partial charge in [-0.1, -0.05) is 41.9 Å². The maximum absolute atomic E-state index is 13.4. The molecule has 2 saturated heterocycles. The first kappa shape index (κ1) is 22.5. The Morgan fingerprint density at radius 3 is 2.41 bits per heavy atom. The van der Waals surface area contributed by atoms with E-state index in [4.69, 9.17) is 16.3 Å². The predicted molar refractivity (Wildman–Crippen MR) is 134 cm³/mol. The van der Waals surface area contributed by atoms with Gasteiger partial charge in [-0.3, -0.25) is 4.79 Å². The number of hydrogen-bond acceptors (Lipinski definition) is 6. The minimum atomic E-state index is -0.0628. The van der Waals surface area contributed by atoms with Gasteiger partial charge in [-0.25, -0.2) is 9.97 Å². The lowest BCUT2D eigenvalue weighted by molar-refractivity contribution is -0.136. The Hall–Kier alpha value is -3.32. The first-order valence-electron chi connectivity index (χ1n) is 11.8. The maximum atomic E-state index is 13.4. The molecule has 2 aliphatic rings. The van der Waals surface area contributed by atoms with E-state index in [1.807, 2.05) is 59.5 Å². The molecule has 3 aromatic rings. The van der Waals surface area contributed by atoms with Gasteiger partial charge in [-0.15, -0.1) is 0 Å². The number of halogens is 1. The standard InChI is InChI=1S/C26H28ClN5O2/c27-22-10-4-5-11-23(22)30-15-17-31(18-16-30)26(33)20-7-6-14-32(19-20)24-25(29-13-12-28-24)34-21-8-2-1-3-9-21/h1-5,8-13,20H,6-7,14-19H2/t20-/m0/s1. The molecule has 0 spiro atoms. The number of carbonyl (C=O) groups is 1. The molecule has 5 rings (SSSR count). The van der Waals surface area contributed by atoms with Gasteiger partial charge < -0.3 is 19.4 Å². The zero-order chi connectivity index (χ0) is 23.3. The Labute approximate surface area is 204 Å². The van der Waals surface area contributed by atoms with Crippen molar-refractivity contribution in [3.63, 3.8) is 0 Å². The molecule has 7 nitrogen and oxygen atoms in total. The minimum Gasteiger partial charge on any atom is -0.436 e. The van der Waals surface area contributed by atoms with Gasteiger partial charge >= 0.3 is 0 Å². The molecule has 2 aliphatic heterocycles. The third-order valence-electron chi connectivity index (χ3n) is 6.46. The van der Waals surface area contributed by atoms with E-state index in [9.17, 15) is 4.79 Å². The number of piperazine rings is 1. The highest BCUT2D eigenvalue weighted by molar-refractivity contribution is 6.33. The second kappa shape index (κ2) is 10.3. The molecule has 0 N–H and O–H groups in total. The molecule has 0 unspecified atom stereocenters. The molecule has 1 amide bonds. The topological polar surface area (TPSA) is 61.8 Å². The summed E-state index contributed by atoms with van der Waals surface area (Å²) in [6.07, 6.45) is 5.12. The van der Waals surface area contributed by atoms with Crippen LogP contribution in [-0.4, -0.2) is 60.0 Å². The molecular weight excluding hydrogens is 450 g/mol. The average Bonchev–Trinajstić information content (AvgIpc) is 2.90. The smallest absolute Gasteiger partial charge is 0.263 e. The summed E-state index contributed by atoms with van der Waals surface area (Å²) in [6, 6.07) is 17.5. The average molecular weight is 478 g/mol. The van der Waals surface area contributed by atoms with Gasteiger partial charge in [0.05, 0.1) is 16.6 Å². The number of piperidine rings is 1. The van der Waals surface area contributed by atoms with E-state index in [0.717, 1.165) is 43.2 Å². The molecule has 0 saturated carbocycles. The van der Waals surface area contributed by atoms with Crippen LogP contribution in [0.1, 0.15) is 12.8 Å². The van der Waals surface area contributed by atoms with Crippen molar-refractivity contribution in [2.24, 2.45) is 5.92 Å². The quantitative estimate of drug-likeness (QED) is 0.539. The van der Waals surface area contributed by atoms with Gasteiger partial charge in [-0.05, 0) is 37.1 Å². The van der Waals surface area contributed by atoms with Crippen molar-refractivity contribution in [3.8, 4) is 11.6 Å². The van der Waals surface area contributed by atoms with Crippen LogP contribution in [0.3, 0.4) is 0 Å². The van der Waals surface area contributed by atoms with Crippen LogP contribution in [0.15, 0.2) is 67.0 Å². The van der Waals surface area contributed by atoms with E-state index in [-0.39, 0.29) is 11.8 Å². The van der Waals surface area contributed by atoms with Crippen molar-refractivity contribution in [3.05, 3.63) is 72.0 Å². The largest absolute Gasteiger partial charge is 0.436 e. The predicted octanol–water partition coefficient (Wildman–Crippen LogP) is 4.49. The van der Waals surface area contributed by atoms with Crippen LogP contribution in [0.5, 0.6) is 11.6 Å². The zero-order valence-electron chi connectivity index (χ0n) is 19.0. The number of anilines is 2. The summed E-state index contributed by atoms with van der Waals surface area (Å²) in [5.41, 5.74) is 1.04. The summed E-state index contributed by atoms with van der Waals surface area (Å²) >= 11 is 6.37. The number of rotatable bonds is 5. The number of nitrogens with zero attached hydrogens (tertiary/aromatic N) is 5. The van der Waals surface area contributed by atoms with Gasteiger partial charge in [0.1, 0.15) is 5.75 Å². The zero-order valence-corrected chi connectivity index (χ0v) is 19.8. The third-order valence-corrected chi connectivity index (χ3v) is 6.78. The Kier molecular flexibility index (Phi) is 6.81. The van der Waals surface area contributed by atoms with Gasteiger partial charge in [0.25, 0.3) is 5.88 Å². The van der Waals surface area contributed by atoms with Crippen molar-refractivity contribution < 1.29 is 9.53 Å². The maximum Gasteiger partial charge on any atom is 0.263 e. The number of amides is 1. The lowest BCUT2D eigenvalue weighted by atomic mass is 9.96. The molecule has 176 valence electrons. The van der Waals surface area contributed by atoms with E-state index >= 15 is 0 Å². The second-order valence-corrected chi connectivity index (χ2v) is 9.06. The SMILES string of the molecule is O=C([C@H]1CCCN(c2nccnc2Oc2ccccc2)C1)N1CCN(c2ccccc2Cl)CC1. The van der Waals surface area contributed by atoms with Gasteiger partial charge in [0.2, 0.25) is 5.91 Å². The lowest BCUT2D eigenvalue weighted by Crippen LogP contribution is -2.52. The molecule has 0 bridgehead atoms. The molecule has 1 atom stereocenters. The van der Waals surface area contributed by atoms with Crippen LogP contribution < -0.4 is 14.5 Å². The fourth-order valence-corrected chi connectivity index (χ4v) is 4.97. The third kappa shape index (κ3) is 4.94. The van der Waals surface area contributed by atoms with Crippen LogP contribution in [0, 0.1) is 5.92 Å². The molecule has 0 radical (unpaired) electrons. The van der Waals surface area contributed by atoms with Gasteiger partial charge in [0.15, 0.2) is 5.82 Å². The van der Waals surface area contributed by atoms with Gasteiger partial charge in [0, 0.05) is 51.7 Å². The van der Waals surface area contributed by atoms with Crippen LogP contribution in [0.25, 0.3) is 0 Å². The summed E-state index contributed by atoms with van der Waals surface area (Å²) in [5, 5.41) is 0.752. The Morgan fingerprint density at radius 2 is 1.62 bits per heavy atom. The molecule has 2 fully saturated rings. The summed E-state index contributed by atoms with van der Waals surface area (Å²) in [7, 11) is 0. The molecule has 2 aromatic carbocycles. The van der Waals surface area contributed by atoms with Gasteiger partial charge in [-0.2, -0.15) is 0 Å². The molecule has 34 heavy (non-hydrogen) atoms. The highest BCUT2D eigenvalue weighted by Crippen LogP contribution is 2.32. The summed E-state index contributed by atoms with van der Waals surface area (Å²) in [4.78, 5) is 28.8. The lowest BCUT2D eigenvalue weighted by Gasteiger charge is -2.40. The highest BCUT2D eigenvalue weighted by Gasteiger charge is 2.33. The highest BCUT2D eigenvalue weighted by atomic mass is 35.5. The summed E-state index contributed by atoms with van der Waals surface area (Å²) < 4.78 is 6.01. The number of hydrogen-bond donors (Lipinski definition) is 0. The van der Waals surface area contributed by atoms with E-state index in [2.05, 4.69) is 19.8 Å². The Bertz CT molecular complexity index is 1120. The number of ether oxygens (including phenoxy) is 1. The Morgan fingerprint density at radius 1 is 0.882 bits per heavy atom. The molecule has 3 heterocycles. The monoisotopic (exact) mass is 477 g/mol.